The van der Waals surface area contributed by atoms with Gasteiger partial charge >= 0.3 is 0 Å². The third-order valence-electron chi connectivity index (χ3n) is 3.94. The summed E-state index contributed by atoms with van der Waals surface area (Å²) in [4.78, 5) is 14.3. The van der Waals surface area contributed by atoms with Crippen molar-refractivity contribution in [2.45, 2.75) is 45.2 Å². The summed E-state index contributed by atoms with van der Waals surface area (Å²) < 4.78 is 0. The van der Waals surface area contributed by atoms with Crippen LogP contribution in [-0.2, 0) is 4.79 Å². The van der Waals surface area contributed by atoms with E-state index >= 15 is 0 Å². The average Bonchev–Trinajstić information content (AvgIpc) is 2.45. The van der Waals surface area contributed by atoms with Crippen molar-refractivity contribution >= 4 is 11.6 Å². The molecule has 1 aromatic rings. The van der Waals surface area contributed by atoms with E-state index in [9.17, 15) is 4.79 Å². The van der Waals surface area contributed by atoms with E-state index in [2.05, 4.69) is 25.2 Å². The first kappa shape index (κ1) is 14.4. The van der Waals surface area contributed by atoms with E-state index in [1.165, 1.54) is 6.42 Å². The molecule has 1 N–H and O–H groups in total. The number of carbonyl (C=O) groups excluding carboxylic acids is 1. The summed E-state index contributed by atoms with van der Waals surface area (Å²) in [6.07, 6.45) is 3.38. The molecule has 4 heteroatoms. The Morgan fingerprint density at radius 1 is 1.30 bits per heavy atom. The Kier molecular flexibility index (Phi) is 4.62. The molecule has 1 saturated heterocycles. The second-order valence-electron chi connectivity index (χ2n) is 5.47. The third kappa shape index (κ3) is 3.30. The number of nitriles is 1. The number of nitrogens with zero attached hydrogens (tertiary/aromatic N) is 2. The van der Waals surface area contributed by atoms with E-state index in [-0.39, 0.29) is 5.91 Å². The van der Waals surface area contributed by atoms with Crippen molar-refractivity contribution in [2.24, 2.45) is 0 Å². The molecule has 0 saturated carbocycles. The topological polar surface area (TPSA) is 56.1 Å². The van der Waals surface area contributed by atoms with Gasteiger partial charge in [0, 0.05) is 17.8 Å². The zero-order chi connectivity index (χ0) is 14.5. The van der Waals surface area contributed by atoms with Gasteiger partial charge in [0.1, 0.15) is 0 Å². The number of benzene rings is 1. The zero-order valence-electron chi connectivity index (χ0n) is 12.1. The molecule has 2 rings (SSSR count). The van der Waals surface area contributed by atoms with E-state index in [1.54, 1.807) is 12.1 Å². The molecule has 4 nitrogen and oxygen atoms in total. The van der Waals surface area contributed by atoms with Gasteiger partial charge in [0.25, 0.3) is 0 Å². The molecule has 1 aliphatic heterocycles. The second kappa shape index (κ2) is 6.42. The number of amides is 1. The number of rotatable bonds is 3. The van der Waals surface area contributed by atoms with E-state index in [0.717, 1.165) is 18.5 Å². The lowest BCUT2D eigenvalue weighted by atomic mass is 9.97. The number of hydrogen-bond donors (Lipinski definition) is 1. The standard InChI is InChI=1S/C16H21N3O/c1-12-4-3-5-13(2)19(12)16(20)11-18-15-8-6-14(10-17)7-9-15/h6-9,12-13,18H,3-5,11H2,1-2H3. The Labute approximate surface area is 120 Å². The molecule has 0 aliphatic carbocycles. The molecule has 1 amide bonds. The first-order valence-electron chi connectivity index (χ1n) is 7.17. The molecule has 0 radical (unpaired) electrons. The fourth-order valence-corrected chi connectivity index (χ4v) is 2.84. The van der Waals surface area contributed by atoms with Crippen molar-refractivity contribution in [3.05, 3.63) is 29.8 Å². The maximum absolute atomic E-state index is 12.3. The first-order chi connectivity index (χ1) is 9.61. The highest BCUT2D eigenvalue weighted by molar-refractivity contribution is 5.81. The van der Waals surface area contributed by atoms with Gasteiger partial charge in [-0.05, 0) is 57.4 Å². The molecule has 106 valence electrons. The summed E-state index contributed by atoms with van der Waals surface area (Å²) >= 11 is 0. The van der Waals surface area contributed by atoms with Gasteiger partial charge in [-0.1, -0.05) is 0 Å². The van der Waals surface area contributed by atoms with Crippen molar-refractivity contribution in [1.82, 2.24) is 4.90 Å². The molecule has 20 heavy (non-hydrogen) atoms. The van der Waals surface area contributed by atoms with E-state index in [1.807, 2.05) is 17.0 Å². The zero-order valence-corrected chi connectivity index (χ0v) is 12.1. The van der Waals surface area contributed by atoms with Gasteiger partial charge in [-0.2, -0.15) is 5.26 Å². The number of piperidine rings is 1. The van der Waals surface area contributed by atoms with Crippen LogP contribution in [0.1, 0.15) is 38.7 Å². The predicted molar refractivity (Wildman–Crippen MR) is 79.3 cm³/mol. The fraction of sp³-hybridized carbons (Fsp3) is 0.500. The van der Waals surface area contributed by atoms with Crippen LogP contribution in [0.2, 0.25) is 0 Å². The van der Waals surface area contributed by atoms with E-state index < -0.39 is 0 Å². The normalized spacial score (nSPS) is 22.1. The SMILES string of the molecule is CC1CCCC(C)N1C(=O)CNc1ccc(C#N)cc1. The van der Waals surface area contributed by atoms with Gasteiger partial charge in [-0.15, -0.1) is 0 Å². The summed E-state index contributed by atoms with van der Waals surface area (Å²) in [6.45, 7) is 4.55. The van der Waals surface area contributed by atoms with E-state index in [4.69, 9.17) is 5.26 Å². The number of nitrogens with one attached hydrogen (secondary N) is 1. The van der Waals surface area contributed by atoms with Crippen LogP contribution >= 0.6 is 0 Å². The van der Waals surface area contributed by atoms with Crippen molar-refractivity contribution in [1.29, 1.82) is 5.26 Å². The summed E-state index contributed by atoms with van der Waals surface area (Å²) in [6, 6.07) is 9.89. The first-order valence-corrected chi connectivity index (χ1v) is 7.17. The van der Waals surface area contributed by atoms with Crippen LogP contribution in [0.3, 0.4) is 0 Å². The number of carbonyl (C=O) groups is 1. The smallest absolute Gasteiger partial charge is 0.242 e. The lowest BCUT2D eigenvalue weighted by Crippen LogP contribution is -2.49. The summed E-state index contributed by atoms with van der Waals surface area (Å²) in [5.41, 5.74) is 1.50. The molecule has 1 aliphatic rings. The molecule has 0 aromatic heterocycles. The molecular formula is C16H21N3O. The van der Waals surface area contributed by atoms with Crippen LogP contribution in [0.5, 0.6) is 0 Å². The van der Waals surface area contributed by atoms with Gasteiger partial charge < -0.3 is 10.2 Å². The molecule has 1 aromatic carbocycles. The summed E-state index contributed by atoms with van der Waals surface area (Å²) in [7, 11) is 0. The van der Waals surface area contributed by atoms with Gasteiger partial charge in [-0.25, -0.2) is 0 Å². The quantitative estimate of drug-likeness (QED) is 0.919. The minimum Gasteiger partial charge on any atom is -0.376 e. The van der Waals surface area contributed by atoms with Crippen LogP contribution in [0.15, 0.2) is 24.3 Å². The molecule has 0 spiro atoms. The fourth-order valence-electron chi connectivity index (χ4n) is 2.84. The van der Waals surface area contributed by atoms with Crippen LogP contribution < -0.4 is 5.32 Å². The van der Waals surface area contributed by atoms with Crippen LogP contribution in [0.25, 0.3) is 0 Å². The van der Waals surface area contributed by atoms with Gasteiger partial charge in [0.15, 0.2) is 0 Å². The molecule has 1 heterocycles. The van der Waals surface area contributed by atoms with Crippen molar-refractivity contribution in [2.75, 3.05) is 11.9 Å². The van der Waals surface area contributed by atoms with Crippen molar-refractivity contribution in [3.63, 3.8) is 0 Å². The van der Waals surface area contributed by atoms with Crippen LogP contribution in [-0.4, -0.2) is 29.4 Å². The van der Waals surface area contributed by atoms with E-state index in [0.29, 0.717) is 24.2 Å². The minimum atomic E-state index is 0.147. The molecular weight excluding hydrogens is 250 g/mol. The Bertz CT molecular complexity index is 493. The molecule has 2 atom stereocenters. The van der Waals surface area contributed by atoms with Gasteiger partial charge in [-0.3, -0.25) is 4.79 Å². The van der Waals surface area contributed by atoms with Gasteiger partial charge in [0.05, 0.1) is 18.2 Å². The number of anilines is 1. The summed E-state index contributed by atoms with van der Waals surface area (Å²) in [5, 5.41) is 11.9. The Morgan fingerprint density at radius 3 is 2.45 bits per heavy atom. The maximum Gasteiger partial charge on any atom is 0.242 e. The number of likely N-dealkylation sites (tertiary alicyclic amines) is 1. The van der Waals surface area contributed by atoms with Crippen LogP contribution in [0.4, 0.5) is 5.69 Å². The lowest BCUT2D eigenvalue weighted by molar-refractivity contribution is -0.135. The lowest BCUT2D eigenvalue weighted by Gasteiger charge is -2.39. The number of hydrogen-bond acceptors (Lipinski definition) is 3. The predicted octanol–water partition coefficient (Wildman–Crippen LogP) is 2.76. The Hall–Kier alpha value is -2.02. The second-order valence-corrected chi connectivity index (χ2v) is 5.47. The summed E-state index contributed by atoms with van der Waals surface area (Å²) in [5.74, 6) is 0.147. The van der Waals surface area contributed by atoms with Crippen LogP contribution in [0, 0.1) is 11.3 Å². The highest BCUT2D eigenvalue weighted by Crippen LogP contribution is 2.22. The largest absolute Gasteiger partial charge is 0.376 e. The van der Waals surface area contributed by atoms with Crippen molar-refractivity contribution in [3.8, 4) is 6.07 Å². The van der Waals surface area contributed by atoms with Gasteiger partial charge in [0.2, 0.25) is 5.91 Å². The average molecular weight is 271 g/mol. The Balaban J connectivity index is 1.92. The molecule has 1 fully saturated rings. The monoisotopic (exact) mass is 271 g/mol. The van der Waals surface area contributed by atoms with Crippen molar-refractivity contribution < 1.29 is 4.79 Å². The highest BCUT2D eigenvalue weighted by atomic mass is 16.2. The third-order valence-corrected chi connectivity index (χ3v) is 3.94. The maximum atomic E-state index is 12.3. The molecule has 2 unspecified atom stereocenters. The minimum absolute atomic E-state index is 0.147. The Morgan fingerprint density at radius 2 is 1.90 bits per heavy atom. The highest BCUT2D eigenvalue weighted by Gasteiger charge is 2.28. The molecule has 0 bridgehead atoms.